The molecule has 1 fully saturated rings. The zero-order valence-corrected chi connectivity index (χ0v) is 8.96. The topological polar surface area (TPSA) is 60.2 Å². The number of aryl methyl sites for hydroxylation is 1. The van der Waals surface area contributed by atoms with Gasteiger partial charge >= 0.3 is 0 Å². The zero-order chi connectivity index (χ0) is 10.7. The molecule has 1 aliphatic carbocycles. The van der Waals surface area contributed by atoms with E-state index in [1.165, 1.54) is 6.33 Å². The fourth-order valence-corrected chi connectivity index (χ4v) is 1.86. The van der Waals surface area contributed by atoms with Crippen LogP contribution in [-0.2, 0) is 18.4 Å². The highest BCUT2D eigenvalue weighted by Crippen LogP contribution is 2.21. The molecular formula is C10H17N3O2. The minimum atomic E-state index is -0.125. The summed E-state index contributed by atoms with van der Waals surface area (Å²) in [6.07, 6.45) is 5.26. The molecule has 0 bridgehead atoms. The van der Waals surface area contributed by atoms with Gasteiger partial charge in [0.25, 0.3) is 0 Å². The van der Waals surface area contributed by atoms with Crippen LogP contribution in [0.5, 0.6) is 0 Å². The monoisotopic (exact) mass is 211 g/mol. The maximum absolute atomic E-state index is 9.34. The number of hydrogen-bond donors (Lipinski definition) is 1. The molecule has 0 saturated heterocycles. The number of aromatic nitrogens is 3. The summed E-state index contributed by atoms with van der Waals surface area (Å²) in [4.78, 5) is 4.09. The molecule has 0 aromatic carbocycles. The van der Waals surface area contributed by atoms with E-state index >= 15 is 0 Å². The Bertz CT molecular complexity index is 305. The third-order valence-corrected chi connectivity index (χ3v) is 2.90. The van der Waals surface area contributed by atoms with Crippen LogP contribution < -0.4 is 0 Å². The van der Waals surface area contributed by atoms with E-state index in [-0.39, 0.29) is 12.2 Å². The Morgan fingerprint density at radius 3 is 2.80 bits per heavy atom. The van der Waals surface area contributed by atoms with Gasteiger partial charge in [-0.05, 0) is 25.7 Å². The number of aliphatic hydroxyl groups excluding tert-OH is 1. The van der Waals surface area contributed by atoms with E-state index in [2.05, 4.69) is 10.1 Å². The first-order valence-electron chi connectivity index (χ1n) is 5.38. The van der Waals surface area contributed by atoms with Gasteiger partial charge in [-0.25, -0.2) is 4.98 Å². The molecule has 1 aliphatic rings. The van der Waals surface area contributed by atoms with Crippen molar-refractivity contribution in [3.8, 4) is 0 Å². The summed E-state index contributed by atoms with van der Waals surface area (Å²) in [5.41, 5.74) is 0. The highest BCUT2D eigenvalue weighted by atomic mass is 16.5. The van der Waals surface area contributed by atoms with Crippen molar-refractivity contribution in [2.24, 2.45) is 7.05 Å². The summed E-state index contributed by atoms with van der Waals surface area (Å²) in [6.45, 7) is 0.511. The summed E-state index contributed by atoms with van der Waals surface area (Å²) in [7, 11) is 1.86. The molecule has 5 nitrogen and oxygen atoms in total. The third kappa shape index (κ3) is 2.76. The standard InChI is InChI=1S/C10H17N3O2/c1-13-10(11-7-12-13)6-15-9-4-2-8(14)3-5-9/h7-9,14H,2-6H2,1H3. The first kappa shape index (κ1) is 10.6. The molecule has 84 valence electrons. The molecule has 1 aromatic heterocycles. The van der Waals surface area contributed by atoms with Gasteiger partial charge in [-0.15, -0.1) is 0 Å². The predicted octanol–water partition coefficient (Wildman–Crippen LogP) is 0.635. The minimum absolute atomic E-state index is 0.125. The van der Waals surface area contributed by atoms with Crippen LogP contribution in [-0.4, -0.2) is 32.1 Å². The Hall–Kier alpha value is -0.940. The molecule has 15 heavy (non-hydrogen) atoms. The van der Waals surface area contributed by atoms with Gasteiger partial charge in [-0.1, -0.05) is 0 Å². The van der Waals surface area contributed by atoms with Gasteiger partial charge < -0.3 is 9.84 Å². The Morgan fingerprint density at radius 2 is 2.20 bits per heavy atom. The lowest BCUT2D eigenvalue weighted by Gasteiger charge is -2.25. The maximum Gasteiger partial charge on any atom is 0.152 e. The van der Waals surface area contributed by atoms with Crippen LogP contribution in [0.15, 0.2) is 6.33 Å². The first-order valence-corrected chi connectivity index (χ1v) is 5.38. The third-order valence-electron chi connectivity index (χ3n) is 2.90. The second-order valence-corrected chi connectivity index (χ2v) is 4.04. The Labute approximate surface area is 89.1 Å². The van der Waals surface area contributed by atoms with Crippen LogP contribution >= 0.6 is 0 Å². The average molecular weight is 211 g/mol. The summed E-state index contributed by atoms with van der Waals surface area (Å²) in [5, 5.41) is 13.3. The van der Waals surface area contributed by atoms with Gasteiger partial charge in [-0.2, -0.15) is 5.10 Å². The predicted molar refractivity (Wildman–Crippen MR) is 54.1 cm³/mol. The van der Waals surface area contributed by atoms with Gasteiger partial charge in [0.1, 0.15) is 12.9 Å². The lowest BCUT2D eigenvalue weighted by molar-refractivity contribution is -0.0151. The van der Waals surface area contributed by atoms with Gasteiger partial charge in [0.2, 0.25) is 0 Å². The summed E-state index contributed by atoms with van der Waals surface area (Å²) in [5.74, 6) is 0.848. The quantitative estimate of drug-likeness (QED) is 0.796. The van der Waals surface area contributed by atoms with Crippen LogP contribution in [0.1, 0.15) is 31.5 Å². The molecule has 0 radical (unpaired) electrons. The molecule has 0 amide bonds. The highest BCUT2D eigenvalue weighted by molar-refractivity contribution is 4.81. The van der Waals surface area contributed by atoms with E-state index in [9.17, 15) is 5.11 Å². The molecule has 1 saturated carbocycles. The molecule has 1 N–H and O–H groups in total. The van der Waals surface area contributed by atoms with E-state index in [4.69, 9.17) is 4.74 Å². The maximum atomic E-state index is 9.34. The number of nitrogens with zero attached hydrogens (tertiary/aromatic N) is 3. The fourth-order valence-electron chi connectivity index (χ4n) is 1.86. The van der Waals surface area contributed by atoms with Gasteiger partial charge in [0, 0.05) is 7.05 Å². The lowest BCUT2D eigenvalue weighted by Crippen LogP contribution is -2.24. The molecule has 0 unspecified atom stereocenters. The number of rotatable bonds is 3. The van der Waals surface area contributed by atoms with Crippen LogP contribution in [0.2, 0.25) is 0 Å². The van der Waals surface area contributed by atoms with Gasteiger partial charge in [0.15, 0.2) is 5.82 Å². The van der Waals surface area contributed by atoms with Crippen molar-refractivity contribution in [2.45, 2.75) is 44.5 Å². The van der Waals surface area contributed by atoms with E-state index in [0.29, 0.717) is 6.61 Å². The van der Waals surface area contributed by atoms with Crippen LogP contribution in [0.4, 0.5) is 0 Å². The summed E-state index contributed by atoms with van der Waals surface area (Å²) < 4.78 is 7.44. The van der Waals surface area contributed by atoms with Crippen LogP contribution in [0, 0.1) is 0 Å². The molecule has 5 heteroatoms. The largest absolute Gasteiger partial charge is 0.393 e. The Balaban J connectivity index is 1.77. The molecule has 1 aromatic rings. The van der Waals surface area contributed by atoms with Crippen molar-refractivity contribution in [3.05, 3.63) is 12.2 Å². The van der Waals surface area contributed by atoms with Crippen LogP contribution in [0.3, 0.4) is 0 Å². The van der Waals surface area contributed by atoms with Crippen molar-refractivity contribution in [3.63, 3.8) is 0 Å². The van der Waals surface area contributed by atoms with Crippen LogP contribution in [0.25, 0.3) is 0 Å². The minimum Gasteiger partial charge on any atom is -0.393 e. The van der Waals surface area contributed by atoms with Crippen molar-refractivity contribution >= 4 is 0 Å². The normalized spacial score (nSPS) is 26.8. The van der Waals surface area contributed by atoms with E-state index < -0.39 is 0 Å². The summed E-state index contributed by atoms with van der Waals surface area (Å²) >= 11 is 0. The van der Waals surface area contributed by atoms with Crippen molar-refractivity contribution in [1.82, 2.24) is 14.8 Å². The summed E-state index contributed by atoms with van der Waals surface area (Å²) in [6, 6.07) is 0. The molecule has 0 atom stereocenters. The Kier molecular flexibility index (Phi) is 3.33. The van der Waals surface area contributed by atoms with Crippen molar-refractivity contribution in [2.75, 3.05) is 0 Å². The van der Waals surface area contributed by atoms with E-state index in [0.717, 1.165) is 31.5 Å². The molecule has 1 heterocycles. The van der Waals surface area contributed by atoms with Gasteiger partial charge in [0.05, 0.1) is 12.2 Å². The first-order chi connectivity index (χ1) is 7.25. The molecule has 2 rings (SSSR count). The van der Waals surface area contributed by atoms with Crippen molar-refractivity contribution in [1.29, 1.82) is 0 Å². The smallest absolute Gasteiger partial charge is 0.152 e. The number of hydrogen-bond acceptors (Lipinski definition) is 4. The SMILES string of the molecule is Cn1ncnc1COC1CCC(O)CC1. The van der Waals surface area contributed by atoms with E-state index in [1.54, 1.807) is 4.68 Å². The average Bonchev–Trinajstić information content (AvgIpc) is 2.63. The molecular weight excluding hydrogens is 194 g/mol. The highest BCUT2D eigenvalue weighted by Gasteiger charge is 2.20. The Morgan fingerprint density at radius 1 is 1.47 bits per heavy atom. The number of aliphatic hydroxyl groups is 1. The molecule has 0 aliphatic heterocycles. The second-order valence-electron chi connectivity index (χ2n) is 4.04. The van der Waals surface area contributed by atoms with Crippen molar-refractivity contribution < 1.29 is 9.84 Å². The fraction of sp³-hybridized carbons (Fsp3) is 0.800. The molecule has 0 spiro atoms. The lowest BCUT2D eigenvalue weighted by atomic mass is 9.95. The van der Waals surface area contributed by atoms with E-state index in [1.807, 2.05) is 7.05 Å². The number of ether oxygens (including phenoxy) is 1. The second kappa shape index (κ2) is 4.72. The zero-order valence-electron chi connectivity index (χ0n) is 8.96. The van der Waals surface area contributed by atoms with Gasteiger partial charge in [-0.3, -0.25) is 4.68 Å².